The van der Waals surface area contributed by atoms with Crippen LogP contribution in [0, 0.1) is 34.6 Å². The molecule has 0 aliphatic heterocycles. The molecule has 0 spiro atoms. The van der Waals surface area contributed by atoms with Gasteiger partial charge in [0.05, 0.1) is 11.4 Å². The van der Waals surface area contributed by atoms with Gasteiger partial charge >= 0.3 is 0 Å². The van der Waals surface area contributed by atoms with Gasteiger partial charge in [-0.15, -0.1) is 0 Å². The van der Waals surface area contributed by atoms with Gasteiger partial charge in [0.1, 0.15) is 5.58 Å². The molecule has 0 atom stereocenters. The van der Waals surface area contributed by atoms with Crippen LogP contribution in [0.4, 0.5) is 0 Å². The van der Waals surface area contributed by atoms with E-state index in [1.807, 2.05) is 0 Å². The molecule has 5 rings (SSSR count). The number of fused-ring (bicyclic) bond motifs is 3. The molecule has 0 aliphatic rings. The highest BCUT2D eigenvalue weighted by Crippen LogP contribution is 2.36. The molecule has 0 amide bonds. The van der Waals surface area contributed by atoms with E-state index in [4.69, 9.17) is 14.4 Å². The highest BCUT2D eigenvalue weighted by molar-refractivity contribution is 6.08. The zero-order valence-corrected chi connectivity index (χ0v) is 18.0. The van der Waals surface area contributed by atoms with Crippen molar-refractivity contribution in [2.75, 3.05) is 0 Å². The molecule has 0 radical (unpaired) electrons. The Balaban J connectivity index is 1.75. The number of hydrogen-bond donors (Lipinski definition) is 0. The van der Waals surface area contributed by atoms with Gasteiger partial charge in [0, 0.05) is 27.6 Å². The summed E-state index contributed by atoms with van der Waals surface area (Å²) < 4.78 is 6.34. The number of pyridine rings is 2. The van der Waals surface area contributed by atoms with E-state index >= 15 is 0 Å². The minimum atomic E-state index is 0.665. The Hall–Kier alpha value is -3.46. The molecule has 0 saturated heterocycles. The summed E-state index contributed by atoms with van der Waals surface area (Å²) in [5.74, 6) is 0. The molecule has 2 aromatic carbocycles. The molecule has 0 unspecified atom stereocenters. The van der Waals surface area contributed by atoms with Gasteiger partial charge in [0.2, 0.25) is 5.71 Å². The first-order chi connectivity index (χ1) is 14.4. The maximum Gasteiger partial charge on any atom is 0.227 e. The summed E-state index contributed by atoms with van der Waals surface area (Å²) in [6.07, 6.45) is 0. The van der Waals surface area contributed by atoms with Crippen molar-refractivity contribution in [1.82, 2.24) is 9.97 Å². The molecule has 0 saturated carbocycles. The molecule has 0 N–H and O–H groups in total. The predicted octanol–water partition coefficient (Wildman–Crippen LogP) is 7.25. The number of furan rings is 1. The molecule has 0 aliphatic carbocycles. The highest BCUT2D eigenvalue weighted by Gasteiger charge is 2.16. The monoisotopic (exact) mass is 392 g/mol. The largest absolute Gasteiger partial charge is 0.437 e. The lowest BCUT2D eigenvalue weighted by Crippen LogP contribution is -1.94. The van der Waals surface area contributed by atoms with Gasteiger partial charge in [-0.1, -0.05) is 30.3 Å². The highest BCUT2D eigenvalue weighted by atomic mass is 16.3. The lowest BCUT2D eigenvalue weighted by atomic mass is 9.99. The maximum atomic E-state index is 6.34. The first-order valence-electron chi connectivity index (χ1n) is 10.3. The molecule has 3 heteroatoms. The van der Waals surface area contributed by atoms with Gasteiger partial charge in [0.25, 0.3) is 0 Å². The Bertz CT molecular complexity index is 1400. The first kappa shape index (κ1) is 18.6. The van der Waals surface area contributed by atoms with E-state index in [1.54, 1.807) is 0 Å². The third-order valence-electron chi connectivity index (χ3n) is 6.15. The Morgan fingerprint density at radius 2 is 1.40 bits per heavy atom. The number of aryl methyl sites for hydroxylation is 4. The van der Waals surface area contributed by atoms with Gasteiger partial charge in [-0.05, 0) is 81.1 Å². The normalized spacial score (nSPS) is 11.5. The molecule has 3 aromatic heterocycles. The van der Waals surface area contributed by atoms with Crippen LogP contribution in [0.5, 0.6) is 0 Å². The number of hydrogen-bond acceptors (Lipinski definition) is 3. The van der Waals surface area contributed by atoms with Crippen molar-refractivity contribution in [3.05, 3.63) is 82.5 Å². The Morgan fingerprint density at radius 3 is 2.13 bits per heavy atom. The summed E-state index contributed by atoms with van der Waals surface area (Å²) >= 11 is 0. The molecular weight excluding hydrogens is 368 g/mol. The average molecular weight is 393 g/mol. The van der Waals surface area contributed by atoms with Crippen LogP contribution < -0.4 is 0 Å². The van der Waals surface area contributed by atoms with E-state index in [0.29, 0.717) is 5.71 Å². The van der Waals surface area contributed by atoms with E-state index in [-0.39, 0.29) is 0 Å². The van der Waals surface area contributed by atoms with Gasteiger partial charge in [-0.2, -0.15) is 0 Å². The minimum Gasteiger partial charge on any atom is -0.437 e. The van der Waals surface area contributed by atoms with Crippen molar-refractivity contribution < 1.29 is 4.42 Å². The number of aromatic nitrogens is 2. The summed E-state index contributed by atoms with van der Waals surface area (Å²) in [5.41, 5.74) is 11.5. The Morgan fingerprint density at radius 1 is 0.667 bits per heavy atom. The second-order valence-electron chi connectivity index (χ2n) is 8.14. The Kier molecular flexibility index (Phi) is 4.21. The van der Waals surface area contributed by atoms with Crippen LogP contribution >= 0.6 is 0 Å². The second kappa shape index (κ2) is 6.81. The number of benzene rings is 2. The van der Waals surface area contributed by atoms with Gasteiger partial charge in [-0.3, -0.25) is 4.98 Å². The molecule has 3 nitrogen and oxygen atoms in total. The van der Waals surface area contributed by atoms with Crippen molar-refractivity contribution in [3.63, 3.8) is 0 Å². The summed E-state index contributed by atoms with van der Waals surface area (Å²) in [7, 11) is 0. The van der Waals surface area contributed by atoms with Crippen LogP contribution in [0.1, 0.15) is 27.9 Å². The van der Waals surface area contributed by atoms with E-state index in [1.165, 1.54) is 27.8 Å². The van der Waals surface area contributed by atoms with Crippen LogP contribution in [-0.4, -0.2) is 9.97 Å². The lowest BCUT2D eigenvalue weighted by molar-refractivity contribution is 0.655. The molecular formula is C27H24N2O. The lowest BCUT2D eigenvalue weighted by Gasteiger charge is -2.08. The molecule has 0 fully saturated rings. The van der Waals surface area contributed by atoms with Crippen LogP contribution in [-0.2, 0) is 0 Å². The van der Waals surface area contributed by atoms with E-state index in [9.17, 15) is 0 Å². The number of nitrogens with zero attached hydrogens (tertiary/aromatic N) is 2. The Labute approximate surface area is 176 Å². The second-order valence-corrected chi connectivity index (χ2v) is 8.14. The van der Waals surface area contributed by atoms with E-state index < -0.39 is 0 Å². The quantitative estimate of drug-likeness (QED) is 0.317. The van der Waals surface area contributed by atoms with Crippen molar-refractivity contribution in [2.24, 2.45) is 0 Å². The fraction of sp³-hybridized carbons (Fsp3) is 0.185. The average Bonchev–Trinajstić information content (AvgIpc) is 3.09. The standard InChI is InChI=1S/C27H24N2O/c1-15-8-6-9-16(2)25(15)23-13-12-21-20-10-7-11-22(26(20)30-27(21)29-23)24-14-17(3)18(4)19(5)28-24/h6-14H,1-5H3. The molecule has 0 bridgehead atoms. The topological polar surface area (TPSA) is 38.9 Å². The summed E-state index contributed by atoms with van der Waals surface area (Å²) in [5, 5.41) is 2.10. The van der Waals surface area contributed by atoms with Gasteiger partial charge < -0.3 is 4.42 Å². The van der Waals surface area contributed by atoms with Crippen LogP contribution in [0.2, 0.25) is 0 Å². The fourth-order valence-corrected chi connectivity index (χ4v) is 4.27. The minimum absolute atomic E-state index is 0.665. The number of rotatable bonds is 2. The summed E-state index contributed by atoms with van der Waals surface area (Å²) in [6.45, 7) is 10.5. The maximum absolute atomic E-state index is 6.34. The van der Waals surface area contributed by atoms with E-state index in [2.05, 4.69) is 89.2 Å². The van der Waals surface area contributed by atoms with E-state index in [0.717, 1.165) is 39.0 Å². The van der Waals surface area contributed by atoms with Crippen molar-refractivity contribution in [3.8, 4) is 22.5 Å². The number of para-hydroxylation sites is 1. The molecule has 30 heavy (non-hydrogen) atoms. The van der Waals surface area contributed by atoms with Crippen LogP contribution in [0.3, 0.4) is 0 Å². The molecule has 148 valence electrons. The predicted molar refractivity (Wildman–Crippen MR) is 124 cm³/mol. The van der Waals surface area contributed by atoms with Crippen molar-refractivity contribution in [1.29, 1.82) is 0 Å². The first-order valence-corrected chi connectivity index (χ1v) is 10.3. The zero-order chi connectivity index (χ0) is 21.0. The SMILES string of the molecule is Cc1cc(-c2cccc3c2oc2nc(-c4c(C)cccc4C)ccc23)nc(C)c1C. The zero-order valence-electron chi connectivity index (χ0n) is 18.0. The van der Waals surface area contributed by atoms with Crippen LogP contribution in [0.25, 0.3) is 44.6 Å². The summed E-state index contributed by atoms with van der Waals surface area (Å²) in [4.78, 5) is 9.73. The fourth-order valence-electron chi connectivity index (χ4n) is 4.27. The molecule has 3 heterocycles. The van der Waals surface area contributed by atoms with Crippen molar-refractivity contribution in [2.45, 2.75) is 34.6 Å². The third kappa shape index (κ3) is 2.81. The third-order valence-corrected chi connectivity index (χ3v) is 6.15. The van der Waals surface area contributed by atoms with Crippen LogP contribution in [0.15, 0.2) is 59.0 Å². The van der Waals surface area contributed by atoms with Crippen molar-refractivity contribution >= 4 is 22.1 Å². The van der Waals surface area contributed by atoms with Gasteiger partial charge in [-0.25, -0.2) is 4.98 Å². The smallest absolute Gasteiger partial charge is 0.227 e. The van der Waals surface area contributed by atoms with Gasteiger partial charge in [0.15, 0.2) is 0 Å². The molecule has 5 aromatic rings. The summed E-state index contributed by atoms with van der Waals surface area (Å²) in [6, 6.07) is 18.9.